The maximum absolute atomic E-state index is 11.5. The van der Waals surface area contributed by atoms with Crippen LogP contribution in [0.5, 0.6) is 0 Å². The lowest BCUT2D eigenvalue weighted by atomic mass is 9.90. The zero-order valence-corrected chi connectivity index (χ0v) is 9.13. The average Bonchev–Trinajstić information content (AvgIpc) is 2.25. The Morgan fingerprint density at radius 3 is 2.64 bits per heavy atom. The molecule has 1 saturated carbocycles. The standard InChI is InChI=1S/C11H18O3/c1-4-14-10(13)5-8-6-11(2,3)7-9(8)12/h8H,4-7H2,1-3H3. The van der Waals surface area contributed by atoms with Crippen LogP contribution in [0.3, 0.4) is 0 Å². The summed E-state index contributed by atoms with van der Waals surface area (Å²) in [7, 11) is 0. The van der Waals surface area contributed by atoms with Crippen molar-refractivity contribution in [3.63, 3.8) is 0 Å². The minimum Gasteiger partial charge on any atom is -0.466 e. The Bertz CT molecular complexity index is 243. The van der Waals surface area contributed by atoms with Crippen molar-refractivity contribution in [1.82, 2.24) is 0 Å². The molecule has 1 aliphatic carbocycles. The summed E-state index contributed by atoms with van der Waals surface area (Å²) in [5, 5.41) is 0. The molecule has 0 aliphatic heterocycles. The fourth-order valence-corrected chi connectivity index (χ4v) is 2.08. The molecule has 0 radical (unpaired) electrons. The van der Waals surface area contributed by atoms with Gasteiger partial charge in [0.05, 0.1) is 13.0 Å². The van der Waals surface area contributed by atoms with Gasteiger partial charge in [0.15, 0.2) is 0 Å². The lowest BCUT2D eigenvalue weighted by molar-refractivity contribution is -0.145. The lowest BCUT2D eigenvalue weighted by Crippen LogP contribution is -2.14. The third-order valence-electron chi connectivity index (χ3n) is 2.63. The zero-order valence-electron chi connectivity index (χ0n) is 9.13. The number of ketones is 1. The Hall–Kier alpha value is -0.860. The minimum atomic E-state index is -0.247. The number of carbonyl (C=O) groups excluding carboxylic acids is 2. The Labute approximate surface area is 84.8 Å². The predicted molar refractivity (Wildman–Crippen MR) is 52.8 cm³/mol. The number of hydrogen-bond acceptors (Lipinski definition) is 3. The molecular weight excluding hydrogens is 180 g/mol. The second kappa shape index (κ2) is 4.11. The first-order chi connectivity index (χ1) is 6.44. The SMILES string of the molecule is CCOC(=O)CC1CC(C)(C)CC1=O. The van der Waals surface area contributed by atoms with Gasteiger partial charge in [0.25, 0.3) is 0 Å². The summed E-state index contributed by atoms with van der Waals surface area (Å²) in [6.07, 6.45) is 1.66. The van der Waals surface area contributed by atoms with Gasteiger partial charge in [0, 0.05) is 12.3 Å². The van der Waals surface area contributed by atoms with Gasteiger partial charge in [-0.15, -0.1) is 0 Å². The van der Waals surface area contributed by atoms with E-state index in [1.165, 1.54) is 0 Å². The van der Waals surface area contributed by atoms with E-state index >= 15 is 0 Å². The highest BCUT2D eigenvalue weighted by molar-refractivity contribution is 5.87. The monoisotopic (exact) mass is 198 g/mol. The van der Waals surface area contributed by atoms with Gasteiger partial charge in [-0.05, 0) is 18.8 Å². The van der Waals surface area contributed by atoms with Crippen LogP contribution in [0.1, 0.15) is 40.0 Å². The molecule has 0 amide bonds. The number of ether oxygens (including phenoxy) is 1. The van der Waals surface area contributed by atoms with E-state index in [9.17, 15) is 9.59 Å². The van der Waals surface area contributed by atoms with Crippen molar-refractivity contribution in [2.75, 3.05) is 6.61 Å². The van der Waals surface area contributed by atoms with E-state index in [-0.39, 0.29) is 29.5 Å². The molecule has 3 nitrogen and oxygen atoms in total. The highest BCUT2D eigenvalue weighted by Gasteiger charge is 2.38. The van der Waals surface area contributed by atoms with Crippen LogP contribution in [0.25, 0.3) is 0 Å². The largest absolute Gasteiger partial charge is 0.466 e. The fraction of sp³-hybridized carbons (Fsp3) is 0.818. The number of esters is 1. The van der Waals surface area contributed by atoms with Crippen LogP contribution in [0.2, 0.25) is 0 Å². The molecule has 80 valence electrons. The maximum Gasteiger partial charge on any atom is 0.306 e. The molecule has 1 unspecified atom stereocenters. The van der Waals surface area contributed by atoms with Gasteiger partial charge in [0.2, 0.25) is 0 Å². The Balaban J connectivity index is 2.47. The molecule has 14 heavy (non-hydrogen) atoms. The van der Waals surface area contributed by atoms with E-state index in [2.05, 4.69) is 13.8 Å². The quantitative estimate of drug-likeness (QED) is 0.651. The van der Waals surface area contributed by atoms with Gasteiger partial charge < -0.3 is 4.74 Å². The van der Waals surface area contributed by atoms with Crippen molar-refractivity contribution < 1.29 is 14.3 Å². The fourth-order valence-electron chi connectivity index (χ4n) is 2.08. The molecule has 0 aromatic heterocycles. The van der Waals surface area contributed by atoms with E-state index in [0.29, 0.717) is 13.0 Å². The summed E-state index contributed by atoms with van der Waals surface area (Å²) in [5.74, 6) is -0.143. The van der Waals surface area contributed by atoms with Crippen LogP contribution < -0.4 is 0 Å². The molecule has 3 heteroatoms. The Morgan fingerprint density at radius 2 is 2.21 bits per heavy atom. The summed E-state index contributed by atoms with van der Waals surface area (Å²) in [5.41, 5.74) is 0.0637. The van der Waals surface area contributed by atoms with Crippen LogP contribution >= 0.6 is 0 Å². The van der Waals surface area contributed by atoms with Crippen molar-refractivity contribution in [3.8, 4) is 0 Å². The summed E-state index contributed by atoms with van der Waals surface area (Å²) >= 11 is 0. The van der Waals surface area contributed by atoms with Crippen molar-refractivity contribution in [2.24, 2.45) is 11.3 Å². The molecule has 0 bridgehead atoms. The van der Waals surface area contributed by atoms with Crippen molar-refractivity contribution >= 4 is 11.8 Å². The smallest absolute Gasteiger partial charge is 0.306 e. The zero-order chi connectivity index (χ0) is 10.8. The Morgan fingerprint density at radius 1 is 1.57 bits per heavy atom. The second-order valence-electron chi connectivity index (χ2n) is 4.72. The van der Waals surface area contributed by atoms with Gasteiger partial charge in [-0.1, -0.05) is 13.8 Å². The third kappa shape index (κ3) is 2.82. The summed E-state index contributed by atoms with van der Waals surface area (Å²) in [6.45, 7) is 6.30. The van der Waals surface area contributed by atoms with Crippen molar-refractivity contribution in [1.29, 1.82) is 0 Å². The molecule has 0 saturated heterocycles. The first kappa shape index (κ1) is 11.2. The minimum absolute atomic E-state index is 0.0637. The molecule has 1 fully saturated rings. The number of hydrogen-bond donors (Lipinski definition) is 0. The highest BCUT2D eigenvalue weighted by atomic mass is 16.5. The second-order valence-corrected chi connectivity index (χ2v) is 4.72. The van der Waals surface area contributed by atoms with Crippen LogP contribution in [-0.4, -0.2) is 18.4 Å². The highest BCUT2D eigenvalue weighted by Crippen LogP contribution is 2.39. The molecule has 1 atom stereocenters. The van der Waals surface area contributed by atoms with E-state index in [1.54, 1.807) is 6.92 Å². The molecule has 0 heterocycles. The van der Waals surface area contributed by atoms with E-state index in [1.807, 2.05) is 0 Å². The van der Waals surface area contributed by atoms with Gasteiger partial charge in [-0.2, -0.15) is 0 Å². The first-order valence-electron chi connectivity index (χ1n) is 5.13. The van der Waals surface area contributed by atoms with Gasteiger partial charge >= 0.3 is 5.97 Å². The van der Waals surface area contributed by atoms with E-state index < -0.39 is 0 Å². The topological polar surface area (TPSA) is 43.4 Å². The molecule has 1 aliphatic rings. The molecular formula is C11H18O3. The van der Waals surface area contributed by atoms with Crippen molar-refractivity contribution in [3.05, 3.63) is 0 Å². The average molecular weight is 198 g/mol. The number of rotatable bonds is 3. The van der Waals surface area contributed by atoms with Crippen LogP contribution in [0.4, 0.5) is 0 Å². The lowest BCUT2D eigenvalue weighted by Gasteiger charge is -2.15. The van der Waals surface area contributed by atoms with Gasteiger partial charge in [-0.3, -0.25) is 9.59 Å². The number of Topliss-reactive ketones (excluding diaryl/α,β-unsaturated/α-hetero) is 1. The molecule has 0 N–H and O–H groups in total. The Kier molecular flexibility index (Phi) is 3.29. The molecule has 0 aromatic rings. The van der Waals surface area contributed by atoms with Crippen LogP contribution in [0, 0.1) is 11.3 Å². The molecule has 0 aromatic carbocycles. The summed E-state index contributed by atoms with van der Waals surface area (Å²) < 4.78 is 4.83. The molecule has 0 spiro atoms. The predicted octanol–water partition coefficient (Wildman–Crippen LogP) is 1.94. The van der Waals surface area contributed by atoms with Gasteiger partial charge in [0.1, 0.15) is 5.78 Å². The number of carbonyl (C=O) groups is 2. The van der Waals surface area contributed by atoms with E-state index in [0.717, 1.165) is 6.42 Å². The normalized spacial score (nSPS) is 25.1. The summed E-state index contributed by atoms with van der Waals surface area (Å²) in [6, 6.07) is 0. The van der Waals surface area contributed by atoms with Gasteiger partial charge in [-0.25, -0.2) is 0 Å². The summed E-state index contributed by atoms with van der Waals surface area (Å²) in [4.78, 5) is 22.7. The van der Waals surface area contributed by atoms with Crippen LogP contribution in [0.15, 0.2) is 0 Å². The third-order valence-corrected chi connectivity index (χ3v) is 2.63. The molecule has 1 rings (SSSR count). The van der Waals surface area contributed by atoms with Crippen LogP contribution in [-0.2, 0) is 14.3 Å². The maximum atomic E-state index is 11.5. The first-order valence-corrected chi connectivity index (χ1v) is 5.13. The van der Waals surface area contributed by atoms with Crippen molar-refractivity contribution in [2.45, 2.75) is 40.0 Å². The van der Waals surface area contributed by atoms with E-state index in [4.69, 9.17) is 4.74 Å².